The maximum absolute atomic E-state index is 6.76. The first-order chi connectivity index (χ1) is 10.2. The fourth-order valence-electron chi connectivity index (χ4n) is 4.88. The molecule has 1 aromatic carbocycles. The summed E-state index contributed by atoms with van der Waals surface area (Å²) in [7, 11) is 0. The van der Waals surface area contributed by atoms with Crippen LogP contribution in [-0.2, 0) is 17.6 Å². The molecule has 4 rings (SSSR count). The van der Waals surface area contributed by atoms with Crippen LogP contribution in [0.25, 0.3) is 0 Å². The first kappa shape index (κ1) is 13.8. The third kappa shape index (κ3) is 2.64. The lowest BCUT2D eigenvalue weighted by molar-refractivity contribution is -0.0468. The standard InChI is InChI=1S/C19H27NO/c20-18(11-7-15-5-1-2-6-16(15)13-18)14-17-8-12-19(21-17)9-3-4-10-19/h1-2,5-6,17H,3-4,7-14,20H2. The van der Waals surface area contributed by atoms with Gasteiger partial charge >= 0.3 is 0 Å². The summed E-state index contributed by atoms with van der Waals surface area (Å²) in [6.07, 6.45) is 12.5. The second kappa shape index (κ2) is 5.10. The molecule has 2 unspecified atom stereocenters. The number of hydrogen-bond donors (Lipinski definition) is 1. The fourth-order valence-corrected chi connectivity index (χ4v) is 4.88. The molecule has 2 aliphatic carbocycles. The van der Waals surface area contributed by atoms with Crippen LogP contribution in [0.3, 0.4) is 0 Å². The molecule has 0 aromatic heterocycles. The number of aryl methyl sites for hydroxylation is 1. The van der Waals surface area contributed by atoms with Crippen LogP contribution in [0.5, 0.6) is 0 Å². The van der Waals surface area contributed by atoms with Crippen LogP contribution >= 0.6 is 0 Å². The van der Waals surface area contributed by atoms with Gasteiger partial charge in [-0.3, -0.25) is 0 Å². The van der Waals surface area contributed by atoms with Crippen LogP contribution in [0.1, 0.15) is 62.5 Å². The third-order valence-electron chi connectivity index (χ3n) is 6.04. The molecule has 2 atom stereocenters. The van der Waals surface area contributed by atoms with Crippen molar-refractivity contribution < 1.29 is 4.74 Å². The first-order valence-electron chi connectivity index (χ1n) is 8.70. The van der Waals surface area contributed by atoms with E-state index in [1.807, 2.05) is 0 Å². The summed E-state index contributed by atoms with van der Waals surface area (Å²) >= 11 is 0. The summed E-state index contributed by atoms with van der Waals surface area (Å²) in [5.41, 5.74) is 9.91. The van der Waals surface area contributed by atoms with Gasteiger partial charge in [0.2, 0.25) is 0 Å². The molecular formula is C19H27NO. The zero-order valence-corrected chi connectivity index (χ0v) is 12.9. The average molecular weight is 285 g/mol. The van der Waals surface area contributed by atoms with Gasteiger partial charge in [-0.2, -0.15) is 0 Å². The van der Waals surface area contributed by atoms with Gasteiger partial charge in [-0.15, -0.1) is 0 Å². The number of rotatable bonds is 2. The Bertz CT molecular complexity index is 520. The highest BCUT2D eigenvalue weighted by molar-refractivity contribution is 5.32. The molecule has 1 saturated carbocycles. The van der Waals surface area contributed by atoms with Gasteiger partial charge in [0, 0.05) is 5.54 Å². The van der Waals surface area contributed by atoms with Gasteiger partial charge in [-0.05, 0) is 62.5 Å². The van der Waals surface area contributed by atoms with Crippen molar-refractivity contribution in [2.75, 3.05) is 0 Å². The van der Waals surface area contributed by atoms with E-state index in [9.17, 15) is 0 Å². The molecule has 1 aliphatic heterocycles. The molecule has 21 heavy (non-hydrogen) atoms. The molecule has 2 heteroatoms. The lowest BCUT2D eigenvalue weighted by Gasteiger charge is -2.37. The Morgan fingerprint density at radius 3 is 2.62 bits per heavy atom. The molecule has 1 saturated heterocycles. The molecule has 2 fully saturated rings. The molecule has 1 heterocycles. The van der Waals surface area contributed by atoms with Crippen LogP contribution in [0.15, 0.2) is 24.3 Å². The van der Waals surface area contributed by atoms with E-state index in [4.69, 9.17) is 10.5 Å². The minimum absolute atomic E-state index is 0.0524. The smallest absolute Gasteiger partial charge is 0.0687 e. The molecule has 1 spiro atoms. The Kier molecular flexibility index (Phi) is 3.35. The highest BCUT2D eigenvalue weighted by atomic mass is 16.5. The van der Waals surface area contributed by atoms with Gasteiger partial charge in [-0.1, -0.05) is 37.1 Å². The summed E-state index contributed by atoms with van der Waals surface area (Å²) < 4.78 is 6.49. The van der Waals surface area contributed by atoms with E-state index < -0.39 is 0 Å². The average Bonchev–Trinajstić information content (AvgIpc) is 3.09. The minimum Gasteiger partial charge on any atom is -0.372 e. The van der Waals surface area contributed by atoms with Crippen molar-refractivity contribution in [2.24, 2.45) is 5.73 Å². The molecule has 0 amide bonds. The summed E-state index contributed by atoms with van der Waals surface area (Å²) in [4.78, 5) is 0. The van der Waals surface area contributed by atoms with E-state index in [-0.39, 0.29) is 11.1 Å². The number of fused-ring (bicyclic) bond motifs is 1. The van der Waals surface area contributed by atoms with Gasteiger partial charge in [0.05, 0.1) is 11.7 Å². The molecule has 2 N–H and O–H groups in total. The molecule has 3 aliphatic rings. The van der Waals surface area contributed by atoms with Gasteiger partial charge in [0.15, 0.2) is 0 Å². The van der Waals surface area contributed by atoms with Crippen molar-refractivity contribution in [1.29, 1.82) is 0 Å². The first-order valence-corrected chi connectivity index (χ1v) is 8.70. The second-order valence-corrected chi connectivity index (χ2v) is 7.68. The van der Waals surface area contributed by atoms with Gasteiger partial charge in [-0.25, -0.2) is 0 Å². The summed E-state index contributed by atoms with van der Waals surface area (Å²) in [6.45, 7) is 0. The highest BCUT2D eigenvalue weighted by Gasteiger charge is 2.44. The van der Waals surface area contributed by atoms with Crippen molar-refractivity contribution in [3.8, 4) is 0 Å². The summed E-state index contributed by atoms with van der Waals surface area (Å²) in [5.74, 6) is 0. The van der Waals surface area contributed by atoms with Gasteiger partial charge in [0.25, 0.3) is 0 Å². The molecule has 114 valence electrons. The summed E-state index contributed by atoms with van der Waals surface area (Å²) in [5, 5.41) is 0. The van der Waals surface area contributed by atoms with Crippen molar-refractivity contribution in [3.05, 3.63) is 35.4 Å². The maximum atomic E-state index is 6.76. The number of ether oxygens (including phenoxy) is 1. The van der Waals surface area contributed by atoms with Crippen molar-refractivity contribution in [2.45, 2.75) is 81.5 Å². The Morgan fingerprint density at radius 2 is 1.81 bits per heavy atom. The van der Waals surface area contributed by atoms with Crippen LogP contribution < -0.4 is 5.73 Å². The van der Waals surface area contributed by atoms with Crippen molar-refractivity contribution in [3.63, 3.8) is 0 Å². The van der Waals surface area contributed by atoms with E-state index in [1.165, 1.54) is 49.7 Å². The minimum atomic E-state index is -0.0524. The predicted molar refractivity (Wildman–Crippen MR) is 85.3 cm³/mol. The van der Waals surface area contributed by atoms with Crippen LogP contribution in [-0.4, -0.2) is 17.2 Å². The van der Waals surface area contributed by atoms with E-state index in [0.29, 0.717) is 6.10 Å². The van der Waals surface area contributed by atoms with Crippen LogP contribution in [0, 0.1) is 0 Å². The quantitative estimate of drug-likeness (QED) is 0.898. The Hall–Kier alpha value is -0.860. The molecular weight excluding hydrogens is 258 g/mol. The SMILES string of the molecule is NC1(CC2CCC3(CCCC3)O2)CCc2ccccc2C1. The van der Waals surface area contributed by atoms with Crippen molar-refractivity contribution >= 4 is 0 Å². The highest BCUT2D eigenvalue weighted by Crippen LogP contribution is 2.45. The van der Waals surface area contributed by atoms with Crippen LogP contribution in [0.4, 0.5) is 0 Å². The maximum Gasteiger partial charge on any atom is 0.0687 e. The predicted octanol–water partition coefficient (Wildman–Crippen LogP) is 3.75. The third-order valence-corrected chi connectivity index (χ3v) is 6.04. The van der Waals surface area contributed by atoms with E-state index in [0.717, 1.165) is 25.7 Å². The van der Waals surface area contributed by atoms with Crippen molar-refractivity contribution in [1.82, 2.24) is 0 Å². The number of hydrogen-bond acceptors (Lipinski definition) is 2. The summed E-state index contributed by atoms with van der Waals surface area (Å²) in [6, 6.07) is 8.80. The molecule has 2 nitrogen and oxygen atoms in total. The zero-order chi connectivity index (χ0) is 14.3. The van der Waals surface area contributed by atoms with Gasteiger partial charge < -0.3 is 10.5 Å². The topological polar surface area (TPSA) is 35.2 Å². The molecule has 1 aromatic rings. The lowest BCUT2D eigenvalue weighted by Crippen LogP contribution is -2.47. The van der Waals surface area contributed by atoms with E-state index >= 15 is 0 Å². The van der Waals surface area contributed by atoms with Crippen LogP contribution in [0.2, 0.25) is 0 Å². The van der Waals surface area contributed by atoms with E-state index in [2.05, 4.69) is 24.3 Å². The zero-order valence-electron chi connectivity index (χ0n) is 12.9. The number of nitrogens with two attached hydrogens (primary N) is 1. The largest absolute Gasteiger partial charge is 0.372 e. The fraction of sp³-hybridized carbons (Fsp3) is 0.684. The van der Waals surface area contributed by atoms with Gasteiger partial charge in [0.1, 0.15) is 0 Å². The molecule has 0 radical (unpaired) electrons. The second-order valence-electron chi connectivity index (χ2n) is 7.68. The van der Waals surface area contributed by atoms with E-state index in [1.54, 1.807) is 0 Å². The molecule has 0 bridgehead atoms. The normalized spacial score (nSPS) is 34.2. The Morgan fingerprint density at radius 1 is 1.05 bits per heavy atom. The lowest BCUT2D eigenvalue weighted by atomic mass is 9.75. The Labute approximate surface area is 128 Å². The Balaban J connectivity index is 1.43. The number of benzene rings is 1. The monoisotopic (exact) mass is 285 g/mol.